The summed E-state index contributed by atoms with van der Waals surface area (Å²) in [5, 5.41) is 0.323. The van der Waals surface area contributed by atoms with E-state index in [1.165, 1.54) is 13.8 Å². The Labute approximate surface area is 173 Å². The van der Waals surface area contributed by atoms with Crippen LogP contribution in [-0.2, 0) is 32.0 Å². The molecular weight excluding hydrogens is 398 g/mol. The summed E-state index contributed by atoms with van der Waals surface area (Å²) in [6.45, 7) is 5.26. The summed E-state index contributed by atoms with van der Waals surface area (Å²) in [6, 6.07) is 4.93. The molecule has 3 heterocycles. The predicted molar refractivity (Wildman–Crippen MR) is 105 cm³/mol. The number of rotatable bonds is 8. The summed E-state index contributed by atoms with van der Waals surface area (Å²) in [6.07, 6.45) is 4.60. The molecule has 29 heavy (non-hydrogen) atoms. The number of ketones is 1. The first-order chi connectivity index (χ1) is 13.7. The number of aryl methyl sites for hydroxylation is 1. The molecule has 8 heteroatoms. The number of esters is 2. The van der Waals surface area contributed by atoms with E-state index < -0.39 is 23.6 Å². The van der Waals surface area contributed by atoms with Crippen LogP contribution in [0.2, 0.25) is 5.15 Å². The molecule has 0 N–H and O–H groups in total. The van der Waals surface area contributed by atoms with Crippen molar-refractivity contribution in [1.29, 1.82) is 0 Å². The Morgan fingerprint density at radius 1 is 1.21 bits per heavy atom. The van der Waals surface area contributed by atoms with Crippen molar-refractivity contribution in [3.63, 3.8) is 0 Å². The Morgan fingerprint density at radius 3 is 2.55 bits per heavy atom. The molecule has 0 aromatic carbocycles. The van der Waals surface area contributed by atoms with E-state index in [-0.39, 0.29) is 24.5 Å². The Kier molecular flexibility index (Phi) is 6.17. The van der Waals surface area contributed by atoms with Crippen LogP contribution in [-0.4, -0.2) is 28.1 Å². The minimum atomic E-state index is -1.27. The molecule has 0 radical (unpaired) electrons. The number of unbranched alkanes of at least 4 members (excludes halogenated alkanes) is 1. The molecule has 0 spiro atoms. The van der Waals surface area contributed by atoms with E-state index in [4.69, 9.17) is 25.5 Å². The predicted octanol–water partition coefficient (Wildman–Crippen LogP) is 4.15. The number of nitrogens with zero attached hydrogens (tertiary/aromatic N) is 1. The number of carbonyl (C=O) groups is 3. The molecule has 7 nitrogen and oxygen atoms in total. The number of hydrogen-bond donors (Lipinski definition) is 0. The van der Waals surface area contributed by atoms with E-state index in [1.807, 2.05) is 0 Å². The van der Waals surface area contributed by atoms with Gasteiger partial charge in [-0.05, 0) is 43.0 Å². The van der Waals surface area contributed by atoms with Crippen molar-refractivity contribution in [2.75, 3.05) is 0 Å². The topological polar surface area (TPSA) is 87.7 Å². The van der Waals surface area contributed by atoms with Crippen molar-refractivity contribution < 1.29 is 28.3 Å². The molecule has 1 fully saturated rings. The van der Waals surface area contributed by atoms with E-state index >= 15 is 0 Å². The fourth-order valence-electron chi connectivity index (χ4n) is 3.24. The number of ether oxygens (including phenoxy) is 2. The van der Waals surface area contributed by atoms with Crippen LogP contribution in [0.3, 0.4) is 0 Å². The van der Waals surface area contributed by atoms with Crippen LogP contribution in [0.5, 0.6) is 0 Å². The lowest BCUT2D eigenvalue weighted by Crippen LogP contribution is -2.46. The van der Waals surface area contributed by atoms with Crippen molar-refractivity contribution in [3.05, 3.63) is 46.6 Å². The summed E-state index contributed by atoms with van der Waals surface area (Å²) in [5.74, 6) is -3.71. The molecule has 1 aliphatic rings. The molecule has 0 bridgehead atoms. The van der Waals surface area contributed by atoms with E-state index in [0.29, 0.717) is 10.8 Å². The molecule has 1 saturated heterocycles. The molecule has 2 aromatic rings. The van der Waals surface area contributed by atoms with Crippen LogP contribution in [0, 0.1) is 5.92 Å². The van der Waals surface area contributed by atoms with Gasteiger partial charge in [-0.2, -0.15) is 0 Å². The van der Waals surface area contributed by atoms with Crippen LogP contribution < -0.4 is 0 Å². The summed E-state index contributed by atoms with van der Waals surface area (Å²) in [7, 11) is 0. The molecule has 0 atom stereocenters. The highest BCUT2D eigenvalue weighted by Crippen LogP contribution is 2.27. The van der Waals surface area contributed by atoms with Gasteiger partial charge in [0.15, 0.2) is 11.7 Å². The molecule has 2 aromatic heterocycles. The van der Waals surface area contributed by atoms with Gasteiger partial charge in [0.05, 0.1) is 12.0 Å². The number of aromatic nitrogens is 1. The zero-order valence-corrected chi connectivity index (χ0v) is 17.5. The molecule has 0 aliphatic carbocycles. The molecule has 3 rings (SSSR count). The lowest BCUT2D eigenvalue weighted by molar-refractivity contribution is -0.240. The Morgan fingerprint density at radius 2 is 1.90 bits per heavy atom. The monoisotopic (exact) mass is 421 g/mol. The summed E-state index contributed by atoms with van der Waals surface area (Å²) >= 11 is 6.23. The largest absolute Gasteiger partial charge is 0.461 e. The van der Waals surface area contributed by atoms with Gasteiger partial charge in [0.1, 0.15) is 5.15 Å². The third-order valence-electron chi connectivity index (χ3n) is 4.76. The lowest BCUT2D eigenvalue weighted by Gasteiger charge is -2.32. The maximum Gasteiger partial charge on any atom is 0.323 e. The van der Waals surface area contributed by atoms with Gasteiger partial charge >= 0.3 is 11.9 Å². The maximum absolute atomic E-state index is 12.9. The Balaban J connectivity index is 1.73. The summed E-state index contributed by atoms with van der Waals surface area (Å²) in [5.41, 5.74) is 1.29. The summed E-state index contributed by atoms with van der Waals surface area (Å²) < 4.78 is 17.3. The van der Waals surface area contributed by atoms with Crippen molar-refractivity contribution >= 4 is 29.3 Å². The first-order valence-electron chi connectivity index (χ1n) is 9.64. The van der Waals surface area contributed by atoms with Gasteiger partial charge in [-0.1, -0.05) is 24.9 Å². The highest BCUT2D eigenvalue weighted by atomic mass is 35.5. The van der Waals surface area contributed by atoms with E-state index in [9.17, 15) is 14.4 Å². The first kappa shape index (κ1) is 21.2. The number of cyclic esters (lactones) is 2. The Hall–Kier alpha value is -2.54. The normalized spacial score (nSPS) is 16.6. The van der Waals surface area contributed by atoms with Crippen molar-refractivity contribution in [2.24, 2.45) is 5.92 Å². The van der Waals surface area contributed by atoms with E-state index in [0.717, 1.165) is 24.8 Å². The number of hydrogen-bond acceptors (Lipinski definition) is 6. The summed E-state index contributed by atoms with van der Waals surface area (Å²) in [4.78, 5) is 37.2. The van der Waals surface area contributed by atoms with Crippen LogP contribution in [0.15, 0.2) is 28.9 Å². The molecule has 1 aliphatic heterocycles. The van der Waals surface area contributed by atoms with E-state index in [1.54, 1.807) is 29.0 Å². The standard InChI is InChI=1S/C21H24ClNO6/c1-4-5-6-13-11-16(27-12-13)18(24)15-7-8-17(22)23(15)10-9-14-19(25)28-21(2,3)29-20(14)26/h7-8,11-12,14H,4-6,9-10H2,1-3H3. The smallest absolute Gasteiger partial charge is 0.323 e. The van der Waals surface area contributed by atoms with Gasteiger partial charge in [-0.3, -0.25) is 14.4 Å². The lowest BCUT2D eigenvalue weighted by atomic mass is 10.0. The van der Waals surface area contributed by atoms with E-state index in [2.05, 4.69) is 6.92 Å². The highest BCUT2D eigenvalue weighted by Gasteiger charge is 2.43. The highest BCUT2D eigenvalue weighted by molar-refractivity contribution is 6.30. The van der Waals surface area contributed by atoms with Crippen LogP contribution in [0.1, 0.15) is 61.8 Å². The van der Waals surface area contributed by atoms with Crippen LogP contribution in [0.25, 0.3) is 0 Å². The van der Waals surface area contributed by atoms with Gasteiger partial charge in [-0.15, -0.1) is 0 Å². The zero-order chi connectivity index (χ0) is 21.2. The second-order valence-corrected chi connectivity index (χ2v) is 7.92. The molecule has 156 valence electrons. The third kappa shape index (κ3) is 4.72. The first-order valence-corrected chi connectivity index (χ1v) is 10.0. The minimum absolute atomic E-state index is 0.0995. The van der Waals surface area contributed by atoms with Gasteiger partial charge in [0.25, 0.3) is 5.79 Å². The molecule has 0 saturated carbocycles. The quantitative estimate of drug-likeness (QED) is 0.361. The van der Waals surface area contributed by atoms with Crippen molar-refractivity contribution in [1.82, 2.24) is 4.57 Å². The molecule has 0 unspecified atom stereocenters. The number of furan rings is 1. The average molecular weight is 422 g/mol. The third-order valence-corrected chi connectivity index (χ3v) is 5.09. The maximum atomic E-state index is 12.9. The fraction of sp³-hybridized carbons (Fsp3) is 0.476. The second kappa shape index (κ2) is 8.45. The van der Waals surface area contributed by atoms with Crippen LogP contribution in [0.4, 0.5) is 0 Å². The average Bonchev–Trinajstić information content (AvgIpc) is 3.25. The Bertz CT molecular complexity index is 906. The van der Waals surface area contributed by atoms with Gasteiger partial charge in [0.2, 0.25) is 5.78 Å². The van der Waals surface area contributed by atoms with Crippen molar-refractivity contribution in [3.8, 4) is 0 Å². The fourth-order valence-corrected chi connectivity index (χ4v) is 3.48. The SMILES string of the molecule is CCCCc1coc(C(=O)c2ccc(Cl)n2CCC2C(=O)OC(C)(C)OC2=O)c1. The number of halogens is 1. The van der Waals surface area contributed by atoms with Gasteiger partial charge < -0.3 is 18.5 Å². The number of carbonyl (C=O) groups excluding carboxylic acids is 3. The zero-order valence-electron chi connectivity index (χ0n) is 16.7. The molecule has 0 amide bonds. The van der Waals surface area contributed by atoms with Gasteiger partial charge in [0, 0.05) is 20.4 Å². The van der Waals surface area contributed by atoms with Gasteiger partial charge in [-0.25, -0.2) is 0 Å². The minimum Gasteiger partial charge on any atom is -0.461 e. The van der Waals surface area contributed by atoms with Crippen LogP contribution >= 0.6 is 11.6 Å². The second-order valence-electron chi connectivity index (χ2n) is 7.53. The molecular formula is C21H24ClNO6. The van der Waals surface area contributed by atoms with Crippen molar-refractivity contribution in [2.45, 2.75) is 58.8 Å².